The second-order valence-electron chi connectivity index (χ2n) is 4.86. The van der Waals surface area contributed by atoms with Crippen molar-refractivity contribution in [3.8, 4) is 0 Å². The van der Waals surface area contributed by atoms with E-state index >= 15 is 0 Å². The molecule has 0 bridgehead atoms. The summed E-state index contributed by atoms with van der Waals surface area (Å²) in [4.78, 5) is 22.3. The van der Waals surface area contributed by atoms with Crippen LogP contribution in [0.15, 0.2) is 73.1 Å². The number of nitrogens with zero attached hydrogens (tertiary/aromatic N) is 3. The van der Waals surface area contributed by atoms with Gasteiger partial charge in [-0.1, -0.05) is 36.4 Å². The number of rotatable bonds is 4. The Labute approximate surface area is 134 Å². The lowest BCUT2D eigenvalue weighted by Gasteiger charge is -2.22. The number of anilines is 3. The molecular weight excluding hydrogens is 288 g/mol. The fourth-order valence-corrected chi connectivity index (χ4v) is 2.23. The summed E-state index contributed by atoms with van der Waals surface area (Å²) in [7, 11) is 1.58. The first kappa shape index (κ1) is 14.7. The van der Waals surface area contributed by atoms with E-state index in [9.17, 15) is 4.79 Å². The van der Waals surface area contributed by atoms with Gasteiger partial charge in [-0.05, 0) is 24.3 Å². The molecule has 5 heteroatoms. The number of hydrogen-bond acceptors (Lipinski definition) is 4. The lowest BCUT2D eigenvalue weighted by atomic mass is 10.2. The average molecular weight is 304 g/mol. The van der Waals surface area contributed by atoms with Gasteiger partial charge in [-0.25, -0.2) is 9.97 Å². The molecule has 0 fully saturated rings. The zero-order chi connectivity index (χ0) is 16.1. The van der Waals surface area contributed by atoms with Crippen molar-refractivity contribution in [3.63, 3.8) is 0 Å². The van der Waals surface area contributed by atoms with E-state index in [1.54, 1.807) is 7.05 Å². The standard InChI is InChI=1S/C18H16N4O/c1-19-17(23)14-12-20-18(21-13-14)22(15-8-4-2-5-9-15)16-10-6-3-7-11-16/h2-13H,1H3,(H,19,23). The molecule has 0 atom stereocenters. The second-order valence-corrected chi connectivity index (χ2v) is 4.86. The van der Waals surface area contributed by atoms with Crippen LogP contribution in [0.2, 0.25) is 0 Å². The van der Waals surface area contributed by atoms with E-state index in [0.29, 0.717) is 11.5 Å². The Bertz CT molecular complexity index is 734. The van der Waals surface area contributed by atoms with Crippen LogP contribution in [0.3, 0.4) is 0 Å². The Morgan fingerprint density at radius 3 is 1.78 bits per heavy atom. The van der Waals surface area contributed by atoms with Crippen LogP contribution in [-0.2, 0) is 0 Å². The van der Waals surface area contributed by atoms with E-state index in [4.69, 9.17) is 0 Å². The highest BCUT2D eigenvalue weighted by atomic mass is 16.1. The zero-order valence-corrected chi connectivity index (χ0v) is 12.7. The van der Waals surface area contributed by atoms with Crippen molar-refractivity contribution in [1.29, 1.82) is 0 Å². The maximum atomic E-state index is 11.6. The fraction of sp³-hybridized carbons (Fsp3) is 0.0556. The molecular formula is C18H16N4O. The maximum Gasteiger partial charge on any atom is 0.254 e. The Balaban J connectivity index is 2.04. The van der Waals surface area contributed by atoms with Crippen molar-refractivity contribution in [3.05, 3.63) is 78.6 Å². The van der Waals surface area contributed by atoms with Gasteiger partial charge in [0.25, 0.3) is 5.91 Å². The molecule has 0 spiro atoms. The van der Waals surface area contributed by atoms with Crippen LogP contribution in [0.5, 0.6) is 0 Å². The SMILES string of the molecule is CNC(=O)c1cnc(N(c2ccccc2)c2ccccc2)nc1. The highest BCUT2D eigenvalue weighted by Gasteiger charge is 2.15. The number of hydrogen-bond donors (Lipinski definition) is 1. The lowest BCUT2D eigenvalue weighted by molar-refractivity contribution is 0.0962. The van der Waals surface area contributed by atoms with Crippen LogP contribution in [-0.4, -0.2) is 22.9 Å². The molecule has 0 aliphatic carbocycles. The minimum absolute atomic E-state index is 0.206. The van der Waals surface area contributed by atoms with Crippen molar-refractivity contribution in [1.82, 2.24) is 15.3 Å². The highest BCUT2D eigenvalue weighted by molar-refractivity contribution is 5.93. The molecule has 0 unspecified atom stereocenters. The van der Waals surface area contributed by atoms with Gasteiger partial charge < -0.3 is 5.32 Å². The summed E-state index contributed by atoms with van der Waals surface area (Å²) in [5.41, 5.74) is 2.33. The van der Waals surface area contributed by atoms with E-state index in [2.05, 4.69) is 15.3 Å². The molecule has 0 radical (unpaired) electrons. The number of carbonyl (C=O) groups excluding carboxylic acids is 1. The number of benzene rings is 2. The molecule has 5 nitrogen and oxygen atoms in total. The van der Waals surface area contributed by atoms with Gasteiger partial charge in [-0.15, -0.1) is 0 Å². The summed E-state index contributed by atoms with van der Waals surface area (Å²) < 4.78 is 0. The van der Waals surface area contributed by atoms with Crippen LogP contribution in [0, 0.1) is 0 Å². The summed E-state index contributed by atoms with van der Waals surface area (Å²) in [5, 5.41) is 2.56. The number of carbonyl (C=O) groups is 1. The molecule has 1 heterocycles. The average Bonchev–Trinajstić information content (AvgIpc) is 2.64. The summed E-state index contributed by atoms with van der Waals surface area (Å²) in [6.45, 7) is 0. The molecule has 0 saturated carbocycles. The highest BCUT2D eigenvalue weighted by Crippen LogP contribution is 2.31. The van der Waals surface area contributed by atoms with E-state index < -0.39 is 0 Å². The molecule has 3 rings (SSSR count). The first-order valence-electron chi connectivity index (χ1n) is 7.24. The number of amides is 1. The lowest BCUT2D eigenvalue weighted by Crippen LogP contribution is -2.19. The molecule has 1 aromatic heterocycles. The van der Waals surface area contributed by atoms with Gasteiger partial charge >= 0.3 is 0 Å². The summed E-state index contributed by atoms with van der Waals surface area (Å²) in [5.74, 6) is 0.303. The Morgan fingerprint density at radius 1 is 0.870 bits per heavy atom. The van der Waals surface area contributed by atoms with Crippen LogP contribution in [0.1, 0.15) is 10.4 Å². The van der Waals surface area contributed by atoms with Crippen molar-refractivity contribution in [2.75, 3.05) is 11.9 Å². The van der Waals surface area contributed by atoms with E-state index in [0.717, 1.165) is 11.4 Å². The largest absolute Gasteiger partial charge is 0.355 e. The number of aromatic nitrogens is 2. The smallest absolute Gasteiger partial charge is 0.254 e. The Morgan fingerprint density at radius 2 is 1.35 bits per heavy atom. The van der Waals surface area contributed by atoms with Crippen LogP contribution in [0.25, 0.3) is 0 Å². The number of para-hydroxylation sites is 2. The van der Waals surface area contributed by atoms with E-state index in [1.807, 2.05) is 65.6 Å². The van der Waals surface area contributed by atoms with E-state index in [-0.39, 0.29) is 5.91 Å². The van der Waals surface area contributed by atoms with Gasteiger partial charge in [0, 0.05) is 30.8 Å². The molecule has 114 valence electrons. The van der Waals surface area contributed by atoms with Crippen LogP contribution < -0.4 is 10.2 Å². The normalized spacial score (nSPS) is 10.1. The molecule has 23 heavy (non-hydrogen) atoms. The summed E-state index contributed by atoms with van der Waals surface area (Å²) in [6.07, 6.45) is 3.06. The molecule has 3 aromatic rings. The van der Waals surface area contributed by atoms with Crippen molar-refractivity contribution < 1.29 is 4.79 Å². The third-order valence-electron chi connectivity index (χ3n) is 3.36. The molecule has 0 aliphatic rings. The molecule has 1 N–H and O–H groups in total. The Hall–Kier alpha value is -3.21. The first-order valence-corrected chi connectivity index (χ1v) is 7.24. The molecule has 1 amide bonds. The van der Waals surface area contributed by atoms with Gasteiger partial charge in [-0.3, -0.25) is 9.69 Å². The van der Waals surface area contributed by atoms with Gasteiger partial charge in [0.15, 0.2) is 0 Å². The molecule has 0 saturated heterocycles. The maximum absolute atomic E-state index is 11.6. The van der Waals surface area contributed by atoms with Crippen LogP contribution >= 0.6 is 0 Å². The third kappa shape index (κ3) is 3.18. The minimum atomic E-state index is -0.206. The number of nitrogens with one attached hydrogen (secondary N) is 1. The Kier molecular flexibility index (Phi) is 4.29. The predicted octanol–water partition coefficient (Wildman–Crippen LogP) is 3.31. The first-order chi connectivity index (χ1) is 11.3. The molecule has 0 aliphatic heterocycles. The van der Waals surface area contributed by atoms with Crippen molar-refractivity contribution in [2.24, 2.45) is 0 Å². The van der Waals surface area contributed by atoms with Crippen molar-refractivity contribution in [2.45, 2.75) is 0 Å². The van der Waals surface area contributed by atoms with Gasteiger partial charge in [0.2, 0.25) is 5.95 Å². The van der Waals surface area contributed by atoms with E-state index in [1.165, 1.54) is 12.4 Å². The topological polar surface area (TPSA) is 58.1 Å². The van der Waals surface area contributed by atoms with Crippen molar-refractivity contribution >= 4 is 23.2 Å². The molecule has 2 aromatic carbocycles. The summed E-state index contributed by atoms with van der Waals surface area (Å²) in [6, 6.07) is 19.7. The quantitative estimate of drug-likeness (QED) is 0.803. The van der Waals surface area contributed by atoms with Crippen LogP contribution in [0.4, 0.5) is 17.3 Å². The zero-order valence-electron chi connectivity index (χ0n) is 12.7. The fourth-order valence-electron chi connectivity index (χ4n) is 2.23. The van der Waals surface area contributed by atoms with Gasteiger partial charge in [0.1, 0.15) is 0 Å². The minimum Gasteiger partial charge on any atom is -0.355 e. The van der Waals surface area contributed by atoms with Gasteiger partial charge in [0.05, 0.1) is 5.56 Å². The second kappa shape index (κ2) is 6.70. The monoisotopic (exact) mass is 304 g/mol. The summed E-state index contributed by atoms with van der Waals surface area (Å²) >= 11 is 0. The predicted molar refractivity (Wildman–Crippen MR) is 90.1 cm³/mol. The van der Waals surface area contributed by atoms with Gasteiger partial charge in [-0.2, -0.15) is 0 Å². The third-order valence-corrected chi connectivity index (χ3v) is 3.36.